The van der Waals surface area contributed by atoms with Gasteiger partial charge in [-0.15, -0.1) is 0 Å². The van der Waals surface area contributed by atoms with Gasteiger partial charge in [-0.1, -0.05) is 104 Å². The number of hydrogen-bond donors (Lipinski definition) is 0. The second-order valence-corrected chi connectivity index (χ2v) is 18.5. The molecule has 1 fully saturated rings. The average molecular weight is 682 g/mol. The van der Waals surface area contributed by atoms with Gasteiger partial charge in [0.25, 0.3) is 6.71 Å². The van der Waals surface area contributed by atoms with Crippen molar-refractivity contribution in [2.75, 3.05) is 14.7 Å². The Morgan fingerprint density at radius 2 is 1.04 bits per heavy atom. The number of aryl methyl sites for hydroxylation is 4. The molecule has 2 atom stereocenters. The number of benzene rings is 5. The summed E-state index contributed by atoms with van der Waals surface area (Å²) in [6.07, 6.45) is 4.99. The minimum absolute atomic E-state index is 0.0239. The Hall–Kier alpha value is -4.44. The number of rotatable bonds is 3. The molecule has 5 aliphatic rings. The molecule has 4 aliphatic heterocycles. The van der Waals surface area contributed by atoms with Crippen LogP contribution in [-0.4, -0.2) is 17.8 Å². The lowest BCUT2D eigenvalue weighted by Crippen LogP contribution is -2.66. The Morgan fingerprint density at radius 1 is 0.538 bits per heavy atom. The summed E-state index contributed by atoms with van der Waals surface area (Å²) in [5, 5.41) is 0. The first-order valence-electron chi connectivity index (χ1n) is 19.7. The van der Waals surface area contributed by atoms with Gasteiger partial charge < -0.3 is 14.7 Å². The SMILES string of the molecule is Cc1ccc(N(c2ccc(C)cc2)c2cc3c4c(c2)N2c5c(cc(C)cc5C5(C)CCCCC25C)B4c2cc(C)cc4c2N3C(C)(C)C4(C)C)cc1. The molecule has 1 aliphatic carbocycles. The molecule has 262 valence electrons. The number of anilines is 7. The minimum Gasteiger partial charge on any atom is -0.335 e. The van der Waals surface area contributed by atoms with Crippen molar-refractivity contribution in [2.45, 2.75) is 117 Å². The van der Waals surface area contributed by atoms with Crippen molar-refractivity contribution in [1.82, 2.24) is 0 Å². The fourth-order valence-corrected chi connectivity index (χ4v) is 11.4. The number of hydrogen-bond acceptors (Lipinski definition) is 3. The highest BCUT2D eigenvalue weighted by Crippen LogP contribution is 2.63. The summed E-state index contributed by atoms with van der Waals surface area (Å²) in [4.78, 5) is 8.17. The Bertz CT molecular complexity index is 2310. The van der Waals surface area contributed by atoms with Crippen molar-refractivity contribution in [1.29, 1.82) is 0 Å². The van der Waals surface area contributed by atoms with E-state index in [4.69, 9.17) is 0 Å². The Morgan fingerprint density at radius 3 is 1.62 bits per heavy atom. The van der Waals surface area contributed by atoms with Crippen molar-refractivity contribution in [2.24, 2.45) is 0 Å². The maximum absolute atomic E-state index is 2.88. The Labute approximate surface area is 311 Å². The fourth-order valence-electron chi connectivity index (χ4n) is 11.4. The van der Waals surface area contributed by atoms with E-state index in [1.54, 1.807) is 5.56 Å². The molecule has 2 unspecified atom stereocenters. The minimum atomic E-state index is -0.153. The second-order valence-electron chi connectivity index (χ2n) is 18.5. The molecule has 0 bridgehead atoms. The summed E-state index contributed by atoms with van der Waals surface area (Å²) < 4.78 is 0. The highest BCUT2D eigenvalue weighted by molar-refractivity contribution is 7.00. The van der Waals surface area contributed by atoms with Gasteiger partial charge in [0, 0.05) is 50.5 Å². The highest BCUT2D eigenvalue weighted by Gasteiger charge is 2.63. The van der Waals surface area contributed by atoms with Crippen LogP contribution in [0.1, 0.15) is 101 Å². The van der Waals surface area contributed by atoms with Crippen molar-refractivity contribution in [3.05, 3.63) is 118 Å². The largest absolute Gasteiger partial charge is 0.335 e. The van der Waals surface area contributed by atoms with Crippen LogP contribution in [0.25, 0.3) is 0 Å². The summed E-state index contributed by atoms with van der Waals surface area (Å²) in [5.41, 5.74) is 22.0. The zero-order chi connectivity index (χ0) is 36.3. The predicted octanol–water partition coefficient (Wildman–Crippen LogP) is 10.5. The molecule has 0 aromatic heterocycles. The lowest BCUT2D eigenvalue weighted by Gasteiger charge is -2.53. The Balaban J connectivity index is 1.36. The zero-order valence-electron chi connectivity index (χ0n) is 32.8. The summed E-state index contributed by atoms with van der Waals surface area (Å²) in [7, 11) is 0. The lowest BCUT2D eigenvalue weighted by atomic mass is 9.33. The van der Waals surface area contributed by atoms with Crippen LogP contribution in [0.2, 0.25) is 0 Å². The standard InChI is InChI=1S/C48H52BN3/c1-29-13-17-33(18-14-29)50(34-19-15-30(2)16-20-34)35-27-40-42-41(28-35)52-44-37(47(9)21-11-12-22-48(47,52)10)24-32(4)26-39(44)49(42)38-25-31(3)23-36-43(38)51(40)46(7,8)45(36,5)6/h13-20,23-28H,11-12,21-22H2,1-10H3. The molecule has 4 heterocycles. The second kappa shape index (κ2) is 10.2. The van der Waals surface area contributed by atoms with Crippen molar-refractivity contribution in [3.8, 4) is 0 Å². The number of fused-ring (bicyclic) bond motifs is 7. The number of nitrogens with zero attached hydrogens (tertiary/aromatic N) is 3. The van der Waals surface area contributed by atoms with Crippen LogP contribution in [0.15, 0.2) is 84.9 Å². The van der Waals surface area contributed by atoms with Gasteiger partial charge in [-0.3, -0.25) is 0 Å². The van der Waals surface area contributed by atoms with E-state index in [1.165, 1.54) is 110 Å². The first-order valence-corrected chi connectivity index (χ1v) is 19.7. The van der Waals surface area contributed by atoms with Crippen LogP contribution in [0, 0.1) is 27.7 Å². The van der Waals surface area contributed by atoms with Crippen LogP contribution in [0.5, 0.6) is 0 Å². The van der Waals surface area contributed by atoms with Crippen LogP contribution in [0.3, 0.4) is 0 Å². The van der Waals surface area contributed by atoms with E-state index in [9.17, 15) is 0 Å². The first kappa shape index (κ1) is 32.2. The lowest BCUT2D eigenvalue weighted by molar-refractivity contribution is 0.195. The van der Waals surface area contributed by atoms with E-state index in [0.717, 1.165) is 0 Å². The molecule has 52 heavy (non-hydrogen) atoms. The fraction of sp³-hybridized carbons (Fsp3) is 0.375. The van der Waals surface area contributed by atoms with E-state index in [2.05, 4.69) is 169 Å². The van der Waals surface area contributed by atoms with Crippen LogP contribution in [-0.2, 0) is 10.8 Å². The highest BCUT2D eigenvalue weighted by atomic mass is 15.3. The molecular weight excluding hydrogens is 629 g/mol. The van der Waals surface area contributed by atoms with E-state index < -0.39 is 0 Å². The maximum Gasteiger partial charge on any atom is 0.252 e. The van der Waals surface area contributed by atoms with Crippen molar-refractivity contribution in [3.63, 3.8) is 0 Å². The monoisotopic (exact) mass is 681 g/mol. The molecule has 0 radical (unpaired) electrons. The quantitative estimate of drug-likeness (QED) is 0.176. The van der Waals surface area contributed by atoms with Gasteiger partial charge >= 0.3 is 0 Å². The van der Waals surface area contributed by atoms with Gasteiger partial charge in [0.2, 0.25) is 0 Å². The van der Waals surface area contributed by atoms with Crippen LogP contribution < -0.4 is 31.1 Å². The average Bonchev–Trinajstić information content (AvgIpc) is 3.40. The van der Waals surface area contributed by atoms with Crippen molar-refractivity contribution >= 4 is 62.9 Å². The van der Waals surface area contributed by atoms with Gasteiger partial charge in [-0.2, -0.15) is 0 Å². The van der Waals surface area contributed by atoms with Gasteiger partial charge in [-0.25, -0.2) is 0 Å². The first-order chi connectivity index (χ1) is 24.7. The zero-order valence-corrected chi connectivity index (χ0v) is 32.8. The topological polar surface area (TPSA) is 9.72 Å². The van der Waals surface area contributed by atoms with Crippen LogP contribution >= 0.6 is 0 Å². The van der Waals surface area contributed by atoms with E-state index >= 15 is 0 Å². The molecule has 5 aromatic rings. The molecule has 5 aromatic carbocycles. The molecule has 0 N–H and O–H groups in total. The Kier molecular flexibility index (Phi) is 6.30. The molecule has 4 heteroatoms. The molecule has 0 spiro atoms. The van der Waals surface area contributed by atoms with E-state index in [1.807, 2.05) is 0 Å². The summed E-state index contributed by atoms with van der Waals surface area (Å²) in [5.74, 6) is 0. The molecule has 3 nitrogen and oxygen atoms in total. The van der Waals surface area contributed by atoms with Gasteiger partial charge in [0.1, 0.15) is 0 Å². The van der Waals surface area contributed by atoms with Gasteiger partial charge in [0.15, 0.2) is 0 Å². The molecule has 10 rings (SSSR count). The molecule has 0 amide bonds. The van der Waals surface area contributed by atoms with Crippen LogP contribution in [0.4, 0.5) is 39.8 Å². The molecule has 0 saturated heterocycles. The summed E-state index contributed by atoms with van der Waals surface area (Å²) in [6, 6.07) is 33.5. The molecular formula is C48H52BN3. The maximum atomic E-state index is 2.88. The summed E-state index contributed by atoms with van der Waals surface area (Å²) >= 11 is 0. The van der Waals surface area contributed by atoms with E-state index in [-0.39, 0.29) is 28.6 Å². The third-order valence-corrected chi connectivity index (χ3v) is 15.0. The normalized spacial score (nSPS) is 23.6. The molecule has 1 saturated carbocycles. The van der Waals surface area contributed by atoms with Gasteiger partial charge in [-0.05, 0) is 125 Å². The third-order valence-electron chi connectivity index (χ3n) is 15.0. The predicted molar refractivity (Wildman–Crippen MR) is 223 cm³/mol. The van der Waals surface area contributed by atoms with Gasteiger partial charge in [0.05, 0.1) is 11.2 Å². The summed E-state index contributed by atoms with van der Waals surface area (Å²) in [6.45, 7) is 24.3. The van der Waals surface area contributed by atoms with E-state index in [0.29, 0.717) is 0 Å². The third kappa shape index (κ3) is 3.79. The smallest absolute Gasteiger partial charge is 0.252 e. The van der Waals surface area contributed by atoms with Crippen molar-refractivity contribution < 1.29 is 0 Å².